The van der Waals surface area contributed by atoms with Crippen molar-refractivity contribution in [2.24, 2.45) is 5.73 Å². The molecular weight excluding hydrogens is 261 g/mol. The van der Waals surface area contributed by atoms with Crippen LogP contribution in [0.5, 0.6) is 0 Å². The van der Waals surface area contributed by atoms with E-state index in [-0.39, 0.29) is 6.04 Å². The summed E-state index contributed by atoms with van der Waals surface area (Å²) in [4.78, 5) is 0. The van der Waals surface area contributed by atoms with Crippen LogP contribution in [0.25, 0.3) is 0 Å². The molecule has 0 heterocycles. The van der Waals surface area contributed by atoms with Crippen LogP contribution in [-0.4, -0.2) is 3.92 Å². The predicted molar refractivity (Wildman–Crippen MR) is 61.5 cm³/mol. The van der Waals surface area contributed by atoms with Crippen LogP contribution in [-0.2, 0) is 0 Å². The van der Waals surface area contributed by atoms with E-state index in [9.17, 15) is 0 Å². The third-order valence-corrected chi connectivity index (χ3v) is 2.31. The Balaban J connectivity index is 2.59. The van der Waals surface area contributed by atoms with Crippen LogP contribution in [0.4, 0.5) is 0 Å². The fourth-order valence-corrected chi connectivity index (χ4v) is 1.73. The first-order valence-corrected chi connectivity index (χ1v) is 5.39. The molecule has 0 saturated carbocycles. The van der Waals surface area contributed by atoms with E-state index in [1.165, 1.54) is 5.56 Å². The van der Waals surface area contributed by atoms with Gasteiger partial charge in [0.25, 0.3) is 0 Å². The smallest absolute Gasteiger partial charge is 0.0304 e. The van der Waals surface area contributed by atoms with Gasteiger partial charge < -0.3 is 5.73 Å². The molecular formula is C10H14IN. The second-order valence-electron chi connectivity index (χ2n) is 3.03. The third kappa shape index (κ3) is 3.11. The van der Waals surface area contributed by atoms with Crippen LogP contribution in [0.15, 0.2) is 30.3 Å². The van der Waals surface area contributed by atoms with Gasteiger partial charge in [-0.2, -0.15) is 0 Å². The van der Waals surface area contributed by atoms with Crippen molar-refractivity contribution in [3.63, 3.8) is 0 Å². The lowest BCUT2D eigenvalue weighted by Crippen LogP contribution is -2.13. The molecule has 1 rings (SSSR count). The second-order valence-corrected chi connectivity index (χ2v) is 5.16. The van der Waals surface area contributed by atoms with E-state index in [0.717, 1.165) is 6.42 Å². The molecule has 1 aromatic carbocycles. The number of halogens is 1. The monoisotopic (exact) mass is 275 g/mol. The normalized spacial score (nSPS) is 15.6. The average Bonchev–Trinajstić information content (AvgIpc) is 2.05. The van der Waals surface area contributed by atoms with Crippen molar-refractivity contribution in [1.82, 2.24) is 0 Å². The fraction of sp³-hybridized carbons (Fsp3) is 0.400. The predicted octanol–water partition coefficient (Wildman–Crippen LogP) is 2.90. The SMILES string of the molecule is CC(I)C[C@H](N)c1ccccc1. The summed E-state index contributed by atoms with van der Waals surface area (Å²) in [7, 11) is 0. The van der Waals surface area contributed by atoms with Gasteiger partial charge in [-0.1, -0.05) is 59.8 Å². The molecule has 0 aliphatic rings. The first-order chi connectivity index (χ1) is 5.70. The molecule has 1 nitrogen and oxygen atoms in total. The molecule has 0 fully saturated rings. The zero-order valence-corrected chi connectivity index (χ0v) is 9.36. The third-order valence-electron chi connectivity index (χ3n) is 1.81. The molecule has 0 saturated heterocycles. The van der Waals surface area contributed by atoms with Crippen LogP contribution in [0, 0.1) is 0 Å². The van der Waals surface area contributed by atoms with E-state index < -0.39 is 0 Å². The Bertz CT molecular complexity index is 221. The fourth-order valence-electron chi connectivity index (χ4n) is 1.19. The van der Waals surface area contributed by atoms with Crippen molar-refractivity contribution in [3.05, 3.63) is 35.9 Å². The Hall–Kier alpha value is -0.0900. The number of hydrogen-bond acceptors (Lipinski definition) is 1. The summed E-state index contributed by atoms with van der Waals surface area (Å²) in [6.45, 7) is 2.18. The van der Waals surface area contributed by atoms with Crippen molar-refractivity contribution in [3.8, 4) is 0 Å². The summed E-state index contributed by atoms with van der Waals surface area (Å²) in [5.41, 5.74) is 7.23. The van der Waals surface area contributed by atoms with Crippen LogP contribution >= 0.6 is 22.6 Å². The number of alkyl halides is 1. The van der Waals surface area contributed by atoms with Gasteiger partial charge in [-0.15, -0.1) is 0 Å². The van der Waals surface area contributed by atoms with Gasteiger partial charge >= 0.3 is 0 Å². The lowest BCUT2D eigenvalue weighted by molar-refractivity contribution is 0.659. The highest BCUT2D eigenvalue weighted by Gasteiger charge is 2.07. The van der Waals surface area contributed by atoms with Gasteiger partial charge in [0.1, 0.15) is 0 Å². The zero-order valence-electron chi connectivity index (χ0n) is 7.20. The molecule has 2 heteroatoms. The number of benzene rings is 1. The summed E-state index contributed by atoms with van der Waals surface area (Å²) in [5.74, 6) is 0. The first-order valence-electron chi connectivity index (χ1n) is 4.14. The highest BCUT2D eigenvalue weighted by atomic mass is 127. The molecule has 0 aromatic heterocycles. The topological polar surface area (TPSA) is 26.0 Å². The summed E-state index contributed by atoms with van der Waals surface area (Å²) < 4.78 is 0.637. The standard InChI is InChI=1S/C10H14IN/c1-8(11)7-10(12)9-5-3-2-4-6-9/h2-6,8,10H,7,12H2,1H3/t8?,10-/m0/s1. The van der Waals surface area contributed by atoms with E-state index in [1.54, 1.807) is 0 Å². The molecule has 2 atom stereocenters. The Morgan fingerprint density at radius 2 is 1.92 bits per heavy atom. The van der Waals surface area contributed by atoms with Crippen molar-refractivity contribution >= 4 is 22.6 Å². The van der Waals surface area contributed by atoms with Crippen LogP contribution in [0.3, 0.4) is 0 Å². The molecule has 0 spiro atoms. The molecule has 1 unspecified atom stereocenters. The van der Waals surface area contributed by atoms with E-state index in [4.69, 9.17) is 5.73 Å². The second kappa shape index (κ2) is 4.82. The largest absolute Gasteiger partial charge is 0.324 e. The maximum absolute atomic E-state index is 5.99. The molecule has 0 radical (unpaired) electrons. The first kappa shape index (κ1) is 9.99. The Morgan fingerprint density at radius 1 is 1.33 bits per heavy atom. The Kier molecular flexibility index (Phi) is 4.01. The molecule has 2 N–H and O–H groups in total. The minimum absolute atomic E-state index is 0.193. The van der Waals surface area contributed by atoms with Gasteiger partial charge in [0.15, 0.2) is 0 Å². The van der Waals surface area contributed by atoms with Gasteiger partial charge in [-0.3, -0.25) is 0 Å². The van der Waals surface area contributed by atoms with Crippen molar-refractivity contribution < 1.29 is 0 Å². The van der Waals surface area contributed by atoms with E-state index in [0.29, 0.717) is 3.92 Å². The molecule has 0 amide bonds. The van der Waals surface area contributed by atoms with Gasteiger partial charge in [-0.05, 0) is 12.0 Å². The molecule has 12 heavy (non-hydrogen) atoms. The number of rotatable bonds is 3. The molecule has 0 aliphatic heterocycles. The van der Waals surface area contributed by atoms with Crippen LogP contribution in [0.1, 0.15) is 24.9 Å². The minimum Gasteiger partial charge on any atom is -0.324 e. The van der Waals surface area contributed by atoms with Crippen LogP contribution in [0.2, 0.25) is 0 Å². The molecule has 0 bridgehead atoms. The maximum atomic E-state index is 5.99. The lowest BCUT2D eigenvalue weighted by Gasteiger charge is -2.12. The maximum Gasteiger partial charge on any atom is 0.0304 e. The Labute approximate surface area is 87.5 Å². The highest BCUT2D eigenvalue weighted by Crippen LogP contribution is 2.18. The Morgan fingerprint density at radius 3 is 2.42 bits per heavy atom. The van der Waals surface area contributed by atoms with E-state index in [2.05, 4.69) is 41.6 Å². The van der Waals surface area contributed by atoms with Gasteiger partial charge in [0.2, 0.25) is 0 Å². The van der Waals surface area contributed by atoms with Gasteiger partial charge in [0.05, 0.1) is 0 Å². The minimum atomic E-state index is 0.193. The van der Waals surface area contributed by atoms with Crippen LogP contribution < -0.4 is 5.73 Å². The number of hydrogen-bond donors (Lipinski definition) is 1. The highest BCUT2D eigenvalue weighted by molar-refractivity contribution is 14.1. The van der Waals surface area contributed by atoms with Crippen molar-refractivity contribution in [2.75, 3.05) is 0 Å². The molecule has 1 aromatic rings. The van der Waals surface area contributed by atoms with Gasteiger partial charge in [-0.25, -0.2) is 0 Å². The quantitative estimate of drug-likeness (QED) is 0.666. The molecule has 0 aliphatic carbocycles. The van der Waals surface area contributed by atoms with Crippen molar-refractivity contribution in [1.29, 1.82) is 0 Å². The van der Waals surface area contributed by atoms with E-state index in [1.807, 2.05) is 18.2 Å². The summed E-state index contributed by atoms with van der Waals surface area (Å²) >= 11 is 2.40. The number of nitrogens with two attached hydrogens (primary N) is 1. The van der Waals surface area contributed by atoms with Crippen molar-refractivity contribution in [2.45, 2.75) is 23.3 Å². The average molecular weight is 275 g/mol. The lowest BCUT2D eigenvalue weighted by atomic mass is 10.0. The summed E-state index contributed by atoms with van der Waals surface area (Å²) in [6, 6.07) is 10.5. The van der Waals surface area contributed by atoms with E-state index >= 15 is 0 Å². The summed E-state index contributed by atoms with van der Waals surface area (Å²) in [5, 5.41) is 0. The summed E-state index contributed by atoms with van der Waals surface area (Å²) in [6.07, 6.45) is 1.05. The zero-order chi connectivity index (χ0) is 8.97. The molecule has 66 valence electrons. The van der Waals surface area contributed by atoms with Gasteiger partial charge in [0, 0.05) is 9.97 Å².